The first-order chi connectivity index (χ1) is 18.2. The number of anilines is 2. The molecule has 1 aliphatic carbocycles. The van der Waals surface area contributed by atoms with Crippen molar-refractivity contribution in [3.05, 3.63) is 54.0 Å². The molecule has 4 N–H and O–H groups in total. The van der Waals surface area contributed by atoms with Crippen molar-refractivity contribution in [2.24, 2.45) is 5.41 Å². The minimum atomic E-state index is -0.546. The van der Waals surface area contributed by atoms with Gasteiger partial charge in [0.2, 0.25) is 11.8 Å². The second-order valence-corrected chi connectivity index (χ2v) is 9.85. The van der Waals surface area contributed by atoms with Gasteiger partial charge in [0.15, 0.2) is 0 Å². The van der Waals surface area contributed by atoms with Crippen LogP contribution in [0.4, 0.5) is 20.7 Å². The van der Waals surface area contributed by atoms with E-state index in [0.29, 0.717) is 45.7 Å². The van der Waals surface area contributed by atoms with Crippen molar-refractivity contribution in [3.63, 3.8) is 0 Å². The van der Waals surface area contributed by atoms with Gasteiger partial charge in [0, 0.05) is 31.3 Å². The van der Waals surface area contributed by atoms with Crippen molar-refractivity contribution in [2.75, 3.05) is 30.4 Å². The van der Waals surface area contributed by atoms with Crippen LogP contribution in [0.3, 0.4) is 0 Å². The van der Waals surface area contributed by atoms with Crippen LogP contribution in [0.5, 0.6) is 5.88 Å². The maximum atomic E-state index is 14.8. The number of urea groups is 1. The molecule has 1 saturated carbocycles. The number of nitrogens with one attached hydrogen (secondary N) is 3. The number of aromatic nitrogens is 2. The van der Waals surface area contributed by atoms with Crippen molar-refractivity contribution in [1.29, 1.82) is 0 Å². The average Bonchev–Trinajstić information content (AvgIpc) is 3.60. The lowest BCUT2D eigenvalue weighted by Crippen LogP contribution is -2.30. The third kappa shape index (κ3) is 7.04. The van der Waals surface area contributed by atoms with E-state index < -0.39 is 11.8 Å². The van der Waals surface area contributed by atoms with E-state index in [2.05, 4.69) is 32.8 Å². The number of carbonyl (C=O) groups is 2. The number of hydrogen-bond acceptors (Lipinski definition) is 6. The number of benzene rings is 1. The summed E-state index contributed by atoms with van der Waals surface area (Å²) < 4.78 is 20.4. The molecule has 0 saturated heterocycles. The number of ether oxygens (including phenoxy) is 1. The molecule has 3 aromatic rings. The van der Waals surface area contributed by atoms with Gasteiger partial charge < -0.3 is 25.8 Å². The molecule has 1 aliphatic rings. The second kappa shape index (κ2) is 11.6. The first-order valence-electron chi connectivity index (χ1n) is 12.5. The van der Waals surface area contributed by atoms with Crippen molar-refractivity contribution < 1.29 is 23.8 Å². The number of aliphatic hydroxyl groups is 1. The molecule has 0 aliphatic heterocycles. The predicted molar refractivity (Wildman–Crippen MR) is 143 cm³/mol. The highest BCUT2D eigenvalue weighted by molar-refractivity contribution is 5.91. The lowest BCUT2D eigenvalue weighted by Gasteiger charge is -2.15. The third-order valence-electron chi connectivity index (χ3n) is 6.49. The molecule has 0 radical (unpaired) electrons. The summed E-state index contributed by atoms with van der Waals surface area (Å²) in [6, 6.07) is 9.40. The van der Waals surface area contributed by atoms with Gasteiger partial charge in [0.25, 0.3) is 0 Å². The number of hydrogen-bond donors (Lipinski definition) is 4. The minimum absolute atomic E-state index is 0.0395. The molecule has 9 nitrogen and oxygen atoms in total. The Hall–Kier alpha value is -4.05. The summed E-state index contributed by atoms with van der Waals surface area (Å²) in [5.74, 6) is -0.174. The van der Waals surface area contributed by atoms with Crippen LogP contribution in [-0.4, -0.2) is 46.8 Å². The minimum Gasteiger partial charge on any atom is -0.475 e. The topological polar surface area (TPSA) is 125 Å². The van der Waals surface area contributed by atoms with Gasteiger partial charge in [0.1, 0.15) is 18.2 Å². The van der Waals surface area contributed by atoms with Gasteiger partial charge in [-0.1, -0.05) is 6.92 Å². The van der Waals surface area contributed by atoms with Crippen molar-refractivity contribution in [1.82, 2.24) is 15.3 Å². The molecule has 10 heteroatoms. The number of carbonyl (C=O) groups excluding carboxylic acids is 2. The van der Waals surface area contributed by atoms with E-state index in [-0.39, 0.29) is 30.7 Å². The fraction of sp³-hybridized carbons (Fsp3) is 0.357. The van der Waals surface area contributed by atoms with E-state index in [1.54, 1.807) is 43.5 Å². The van der Waals surface area contributed by atoms with E-state index in [1.165, 1.54) is 13.0 Å². The number of halogens is 1. The van der Waals surface area contributed by atoms with Gasteiger partial charge in [-0.25, -0.2) is 19.2 Å². The predicted octanol–water partition coefficient (Wildman–Crippen LogP) is 4.90. The Kier molecular flexibility index (Phi) is 8.21. The molecule has 0 unspecified atom stereocenters. The molecule has 2 heterocycles. The Labute approximate surface area is 220 Å². The zero-order valence-corrected chi connectivity index (χ0v) is 21.7. The van der Waals surface area contributed by atoms with Crippen LogP contribution in [-0.2, 0) is 4.79 Å². The molecule has 0 spiro atoms. The summed E-state index contributed by atoms with van der Waals surface area (Å²) >= 11 is 0. The number of rotatable bonds is 10. The highest BCUT2D eigenvalue weighted by Gasteiger charge is 2.36. The van der Waals surface area contributed by atoms with Crippen LogP contribution >= 0.6 is 0 Å². The molecular formula is C28H32FN5O4. The number of amides is 3. The van der Waals surface area contributed by atoms with E-state index in [0.717, 1.165) is 19.3 Å². The lowest BCUT2D eigenvalue weighted by atomic mass is 9.98. The average molecular weight is 522 g/mol. The quantitative estimate of drug-likeness (QED) is 0.301. The molecule has 1 fully saturated rings. The number of nitrogens with zero attached hydrogens (tertiary/aromatic N) is 2. The summed E-state index contributed by atoms with van der Waals surface area (Å²) in [6.45, 7) is 5.72. The van der Waals surface area contributed by atoms with Gasteiger partial charge in [-0.3, -0.25) is 4.79 Å². The van der Waals surface area contributed by atoms with E-state index in [9.17, 15) is 19.1 Å². The van der Waals surface area contributed by atoms with Crippen LogP contribution in [0.25, 0.3) is 22.4 Å². The molecule has 1 aromatic carbocycles. The summed E-state index contributed by atoms with van der Waals surface area (Å²) in [7, 11) is 0. The number of aryl methyl sites for hydroxylation is 1. The largest absolute Gasteiger partial charge is 0.475 e. The summed E-state index contributed by atoms with van der Waals surface area (Å²) in [6.07, 6.45) is 4.77. The third-order valence-corrected chi connectivity index (χ3v) is 6.49. The molecule has 4 rings (SSSR count). The van der Waals surface area contributed by atoms with E-state index in [1.807, 2.05) is 0 Å². The summed E-state index contributed by atoms with van der Waals surface area (Å²) in [4.78, 5) is 32.6. The molecule has 2 aromatic heterocycles. The summed E-state index contributed by atoms with van der Waals surface area (Å²) in [5.41, 5.74) is 3.53. The first kappa shape index (κ1) is 27.0. The van der Waals surface area contributed by atoms with Gasteiger partial charge in [-0.05, 0) is 78.6 Å². The fourth-order valence-electron chi connectivity index (χ4n) is 4.06. The SMILES string of the molecule is CC(=O)Nc1cc(-c2cc(-c3cc(NC(=O)NCCC4(C)CC4)c(F)cc3C)cc(OCCO)n2)ccn1. The highest BCUT2D eigenvalue weighted by atomic mass is 19.1. The fourth-order valence-corrected chi connectivity index (χ4v) is 4.06. The van der Waals surface area contributed by atoms with Crippen LogP contribution in [0.2, 0.25) is 0 Å². The molecule has 38 heavy (non-hydrogen) atoms. The van der Waals surface area contributed by atoms with Crippen LogP contribution in [0.15, 0.2) is 42.6 Å². The second-order valence-electron chi connectivity index (χ2n) is 9.85. The Balaban J connectivity index is 1.64. The van der Waals surface area contributed by atoms with E-state index >= 15 is 0 Å². The van der Waals surface area contributed by atoms with Crippen molar-refractivity contribution in [3.8, 4) is 28.3 Å². The molecular weight excluding hydrogens is 489 g/mol. The Morgan fingerprint density at radius 2 is 1.92 bits per heavy atom. The van der Waals surface area contributed by atoms with Gasteiger partial charge in [-0.15, -0.1) is 0 Å². The molecule has 0 bridgehead atoms. The Morgan fingerprint density at radius 1 is 1.13 bits per heavy atom. The molecule has 3 amide bonds. The highest BCUT2D eigenvalue weighted by Crippen LogP contribution is 2.47. The monoisotopic (exact) mass is 521 g/mol. The Morgan fingerprint density at radius 3 is 2.63 bits per heavy atom. The van der Waals surface area contributed by atoms with Gasteiger partial charge in [-0.2, -0.15) is 0 Å². The van der Waals surface area contributed by atoms with Crippen LogP contribution in [0, 0.1) is 18.2 Å². The Bertz CT molecular complexity index is 1340. The number of aliphatic hydroxyl groups excluding tert-OH is 1. The summed E-state index contributed by atoms with van der Waals surface area (Å²) in [5, 5.41) is 17.3. The molecule has 200 valence electrons. The smallest absolute Gasteiger partial charge is 0.319 e. The van der Waals surface area contributed by atoms with E-state index in [4.69, 9.17) is 4.74 Å². The normalized spacial score (nSPS) is 13.5. The standard InChI is InChI=1S/C28H32FN5O4/c1-17-12-22(29)24(34-27(37)31-9-7-28(3)5-6-28)16-21(17)20-13-23(33-26(15-20)38-11-10-35)19-4-8-30-25(14-19)32-18(2)36/h4,8,12-16,35H,5-7,9-11H2,1-3H3,(H,30,32,36)(H2,31,34,37). The lowest BCUT2D eigenvalue weighted by molar-refractivity contribution is -0.114. The number of pyridine rings is 2. The zero-order valence-electron chi connectivity index (χ0n) is 21.7. The maximum absolute atomic E-state index is 14.8. The van der Waals surface area contributed by atoms with Gasteiger partial charge in [0.05, 0.1) is 18.0 Å². The maximum Gasteiger partial charge on any atom is 0.319 e. The van der Waals surface area contributed by atoms with Crippen molar-refractivity contribution in [2.45, 2.75) is 40.0 Å². The van der Waals surface area contributed by atoms with Crippen LogP contribution in [0.1, 0.15) is 38.7 Å². The van der Waals surface area contributed by atoms with Crippen LogP contribution < -0.4 is 20.7 Å². The molecule has 0 atom stereocenters. The first-order valence-corrected chi connectivity index (χ1v) is 12.5. The zero-order chi connectivity index (χ0) is 27.3. The van der Waals surface area contributed by atoms with Crippen molar-refractivity contribution >= 4 is 23.4 Å². The van der Waals surface area contributed by atoms with Gasteiger partial charge >= 0.3 is 6.03 Å².